The first-order valence-corrected chi connectivity index (χ1v) is 7.29. The highest BCUT2D eigenvalue weighted by Crippen LogP contribution is 2.31. The number of nitrogens with zero attached hydrogens (tertiary/aromatic N) is 2. The monoisotopic (exact) mass is 293 g/mol. The summed E-state index contributed by atoms with van der Waals surface area (Å²) < 4.78 is 33.8. The first-order valence-electron chi connectivity index (χ1n) is 6.14. The third kappa shape index (κ3) is 4.12. The minimum Gasteiger partial charge on any atom is -0.375 e. The van der Waals surface area contributed by atoms with Gasteiger partial charge >= 0.3 is 0 Å². The number of likely N-dealkylation sites (N-methyl/N-ethyl adjacent to an activating group) is 1. The Bertz CT molecular complexity index is 392. The topological polar surface area (TPSA) is 60.2 Å². The molecule has 1 fully saturated rings. The van der Waals surface area contributed by atoms with Crippen LogP contribution in [0, 0.1) is 0 Å². The quantitative estimate of drug-likeness (QED) is 0.765. The lowest BCUT2D eigenvalue weighted by Gasteiger charge is -2.13. The van der Waals surface area contributed by atoms with Crippen LogP contribution in [-0.4, -0.2) is 54.4 Å². The van der Waals surface area contributed by atoms with Crippen molar-refractivity contribution < 1.29 is 18.0 Å². The lowest BCUT2D eigenvalue weighted by molar-refractivity contribution is 0.0182. The molecule has 5 nitrogen and oxygen atoms in total. The summed E-state index contributed by atoms with van der Waals surface area (Å²) in [4.78, 5) is 4.31. The van der Waals surface area contributed by atoms with Crippen LogP contribution in [0.15, 0.2) is 4.52 Å². The van der Waals surface area contributed by atoms with E-state index in [1.165, 1.54) is 0 Å². The van der Waals surface area contributed by atoms with E-state index in [0.717, 1.165) is 11.5 Å². The molecule has 2 unspecified atom stereocenters. The van der Waals surface area contributed by atoms with Gasteiger partial charge < -0.3 is 14.6 Å². The van der Waals surface area contributed by atoms with Crippen molar-refractivity contribution in [1.82, 2.24) is 15.5 Å². The van der Waals surface area contributed by atoms with Crippen molar-refractivity contribution in [2.75, 3.05) is 31.8 Å². The number of hydrogen-bond acceptors (Lipinski definition) is 6. The van der Waals surface area contributed by atoms with Gasteiger partial charge in [-0.2, -0.15) is 16.7 Å². The van der Waals surface area contributed by atoms with Crippen molar-refractivity contribution in [2.24, 2.45) is 0 Å². The highest BCUT2D eigenvalue weighted by Gasteiger charge is 2.32. The number of nitrogens with one attached hydrogen (secondary N) is 1. The molecule has 1 aromatic heterocycles. The van der Waals surface area contributed by atoms with Crippen molar-refractivity contribution in [2.45, 2.75) is 24.8 Å². The minimum atomic E-state index is -2.44. The van der Waals surface area contributed by atoms with Crippen LogP contribution in [0.1, 0.15) is 17.6 Å². The summed E-state index contributed by atoms with van der Waals surface area (Å²) in [5.41, 5.74) is 0. The molecule has 0 spiro atoms. The number of hydrogen-bond donors (Lipinski definition) is 1. The Morgan fingerprint density at radius 1 is 1.53 bits per heavy atom. The van der Waals surface area contributed by atoms with Crippen molar-refractivity contribution in [3.63, 3.8) is 0 Å². The predicted octanol–water partition coefficient (Wildman–Crippen LogP) is 1.31. The SMILES string of the molecule is CNC1CSCC1c1nc(CCOCC(F)F)no1. The van der Waals surface area contributed by atoms with Crippen LogP contribution in [0.25, 0.3) is 0 Å². The molecule has 1 aromatic rings. The van der Waals surface area contributed by atoms with Gasteiger partial charge in [0.1, 0.15) is 6.61 Å². The van der Waals surface area contributed by atoms with Gasteiger partial charge in [0, 0.05) is 24.0 Å². The number of thioether (sulfide) groups is 1. The third-order valence-corrected chi connectivity index (χ3v) is 4.16. The maximum atomic E-state index is 11.9. The third-order valence-electron chi connectivity index (χ3n) is 2.97. The molecule has 0 radical (unpaired) electrons. The molecule has 0 bridgehead atoms. The molecule has 2 heterocycles. The van der Waals surface area contributed by atoms with Gasteiger partial charge in [-0.15, -0.1) is 0 Å². The molecule has 2 atom stereocenters. The summed E-state index contributed by atoms with van der Waals surface area (Å²) in [6.07, 6.45) is -2.05. The van der Waals surface area contributed by atoms with Crippen LogP contribution < -0.4 is 5.32 Å². The first-order chi connectivity index (χ1) is 9.20. The molecule has 1 aliphatic rings. The van der Waals surface area contributed by atoms with Gasteiger partial charge in [-0.1, -0.05) is 5.16 Å². The molecule has 0 aliphatic carbocycles. The van der Waals surface area contributed by atoms with Gasteiger partial charge in [0.25, 0.3) is 6.43 Å². The molecule has 0 aromatic carbocycles. The first kappa shape index (κ1) is 14.7. The Labute approximate surface area is 114 Å². The van der Waals surface area contributed by atoms with E-state index in [9.17, 15) is 8.78 Å². The summed E-state index contributed by atoms with van der Waals surface area (Å²) in [6, 6.07) is 0.341. The van der Waals surface area contributed by atoms with Gasteiger partial charge in [-0.25, -0.2) is 8.78 Å². The highest BCUT2D eigenvalue weighted by molar-refractivity contribution is 7.99. The maximum Gasteiger partial charge on any atom is 0.261 e. The van der Waals surface area contributed by atoms with Gasteiger partial charge in [-0.05, 0) is 7.05 Å². The summed E-state index contributed by atoms with van der Waals surface area (Å²) >= 11 is 1.85. The van der Waals surface area contributed by atoms with Crippen molar-refractivity contribution in [3.8, 4) is 0 Å². The van der Waals surface area contributed by atoms with E-state index in [1.807, 2.05) is 18.8 Å². The van der Waals surface area contributed by atoms with Gasteiger partial charge in [0.2, 0.25) is 5.89 Å². The van der Waals surface area contributed by atoms with Crippen molar-refractivity contribution in [3.05, 3.63) is 11.7 Å². The molecule has 0 saturated carbocycles. The molecule has 108 valence electrons. The second-order valence-electron chi connectivity index (χ2n) is 4.30. The Morgan fingerprint density at radius 3 is 3.11 bits per heavy atom. The normalized spacial score (nSPS) is 23.4. The fourth-order valence-electron chi connectivity index (χ4n) is 1.94. The zero-order chi connectivity index (χ0) is 13.7. The molecule has 2 rings (SSSR count). The number of rotatable bonds is 7. The summed E-state index contributed by atoms with van der Waals surface area (Å²) in [5.74, 6) is 3.33. The number of aromatic nitrogens is 2. The Balaban J connectivity index is 1.81. The second-order valence-corrected chi connectivity index (χ2v) is 5.38. The lowest BCUT2D eigenvalue weighted by atomic mass is 10.0. The van der Waals surface area contributed by atoms with E-state index in [2.05, 4.69) is 15.5 Å². The minimum absolute atomic E-state index is 0.179. The van der Waals surface area contributed by atoms with E-state index in [0.29, 0.717) is 24.2 Å². The van der Waals surface area contributed by atoms with Crippen LogP contribution in [0.3, 0.4) is 0 Å². The second kappa shape index (κ2) is 7.16. The average Bonchev–Trinajstić information content (AvgIpc) is 3.02. The van der Waals surface area contributed by atoms with E-state index >= 15 is 0 Å². The number of alkyl halides is 2. The van der Waals surface area contributed by atoms with Gasteiger partial charge in [0.15, 0.2) is 5.82 Å². The highest BCUT2D eigenvalue weighted by atomic mass is 32.2. The van der Waals surface area contributed by atoms with Crippen molar-refractivity contribution >= 4 is 11.8 Å². The Morgan fingerprint density at radius 2 is 2.37 bits per heavy atom. The molecule has 1 N–H and O–H groups in total. The smallest absolute Gasteiger partial charge is 0.261 e. The largest absolute Gasteiger partial charge is 0.375 e. The van der Waals surface area contributed by atoms with E-state index < -0.39 is 13.0 Å². The summed E-state index contributed by atoms with van der Waals surface area (Å²) in [7, 11) is 1.92. The maximum absolute atomic E-state index is 11.9. The fourth-order valence-corrected chi connectivity index (χ4v) is 3.36. The molecule has 1 aliphatic heterocycles. The van der Waals surface area contributed by atoms with Gasteiger partial charge in [0.05, 0.1) is 12.5 Å². The standard InChI is InChI=1S/C11H17F2N3O2S/c1-14-8-6-19-5-7(8)11-15-10(16-18-11)2-3-17-4-9(12)13/h7-9,14H,2-6H2,1H3. The Hall–Kier alpha value is -0.730. The molecular formula is C11H17F2N3O2S. The van der Waals surface area contributed by atoms with Crippen LogP contribution in [0.4, 0.5) is 8.78 Å². The summed E-state index contributed by atoms with van der Waals surface area (Å²) in [6.45, 7) is -0.371. The van der Waals surface area contributed by atoms with E-state index in [1.54, 1.807) is 0 Å². The van der Waals surface area contributed by atoms with Crippen LogP contribution >= 0.6 is 11.8 Å². The molecule has 1 saturated heterocycles. The molecule has 0 amide bonds. The summed E-state index contributed by atoms with van der Waals surface area (Å²) in [5, 5.41) is 7.09. The van der Waals surface area contributed by atoms with E-state index in [4.69, 9.17) is 9.26 Å². The Kier molecular flexibility index (Phi) is 5.53. The average molecular weight is 293 g/mol. The molecular weight excluding hydrogens is 276 g/mol. The molecule has 8 heteroatoms. The zero-order valence-corrected chi connectivity index (χ0v) is 11.5. The molecule has 19 heavy (non-hydrogen) atoms. The van der Waals surface area contributed by atoms with Crippen LogP contribution in [-0.2, 0) is 11.2 Å². The number of ether oxygens (including phenoxy) is 1. The number of halogens is 2. The van der Waals surface area contributed by atoms with Crippen molar-refractivity contribution in [1.29, 1.82) is 0 Å². The zero-order valence-electron chi connectivity index (χ0n) is 10.6. The lowest BCUT2D eigenvalue weighted by Crippen LogP contribution is -2.31. The predicted molar refractivity (Wildman–Crippen MR) is 67.7 cm³/mol. The van der Waals surface area contributed by atoms with Crippen LogP contribution in [0.2, 0.25) is 0 Å². The van der Waals surface area contributed by atoms with E-state index in [-0.39, 0.29) is 12.5 Å². The van der Waals surface area contributed by atoms with Crippen LogP contribution in [0.5, 0.6) is 0 Å². The fraction of sp³-hybridized carbons (Fsp3) is 0.818. The van der Waals surface area contributed by atoms with Gasteiger partial charge in [-0.3, -0.25) is 0 Å².